The topological polar surface area (TPSA) is 68.0 Å². The largest absolute Gasteiger partial charge is 0.337 e. The SMILES string of the molecule is CC(N)NC(=O)c1c(-c2ccccc2)c(C(C)C)nc2ccc(F)cc12. The Hall–Kier alpha value is -2.79. The fourth-order valence-corrected chi connectivity index (χ4v) is 3.08. The molecular formula is C21H22FN3O. The van der Waals surface area contributed by atoms with Gasteiger partial charge in [0.2, 0.25) is 0 Å². The summed E-state index contributed by atoms with van der Waals surface area (Å²) in [6, 6.07) is 13.9. The maximum atomic E-state index is 14.0. The van der Waals surface area contributed by atoms with Crippen LogP contribution in [0.3, 0.4) is 0 Å². The van der Waals surface area contributed by atoms with E-state index in [4.69, 9.17) is 10.7 Å². The van der Waals surface area contributed by atoms with Gasteiger partial charge in [-0.1, -0.05) is 44.2 Å². The normalized spacial score (nSPS) is 12.4. The van der Waals surface area contributed by atoms with Crippen LogP contribution in [-0.2, 0) is 0 Å². The van der Waals surface area contributed by atoms with Crippen molar-refractivity contribution >= 4 is 16.8 Å². The zero-order valence-corrected chi connectivity index (χ0v) is 15.1. The highest BCUT2D eigenvalue weighted by Gasteiger charge is 2.24. The van der Waals surface area contributed by atoms with Gasteiger partial charge in [-0.25, -0.2) is 4.39 Å². The number of halogens is 1. The lowest BCUT2D eigenvalue weighted by atomic mass is 9.90. The van der Waals surface area contributed by atoms with Crippen molar-refractivity contribution in [3.63, 3.8) is 0 Å². The molecule has 134 valence electrons. The molecule has 0 saturated carbocycles. The third kappa shape index (κ3) is 3.44. The van der Waals surface area contributed by atoms with Gasteiger partial charge < -0.3 is 11.1 Å². The first kappa shape index (κ1) is 18.0. The van der Waals surface area contributed by atoms with Gasteiger partial charge in [0.1, 0.15) is 5.82 Å². The molecule has 0 aliphatic carbocycles. The molecule has 1 amide bonds. The highest BCUT2D eigenvalue weighted by molar-refractivity contribution is 6.12. The Morgan fingerprint density at radius 1 is 1.12 bits per heavy atom. The van der Waals surface area contributed by atoms with E-state index in [2.05, 4.69) is 5.32 Å². The Labute approximate surface area is 152 Å². The number of rotatable bonds is 4. The molecule has 3 aromatic rings. The molecule has 2 aromatic carbocycles. The molecule has 0 bridgehead atoms. The van der Waals surface area contributed by atoms with Crippen molar-refractivity contribution in [3.05, 3.63) is 65.6 Å². The smallest absolute Gasteiger partial charge is 0.253 e. The minimum absolute atomic E-state index is 0.0847. The number of fused-ring (bicyclic) bond motifs is 1. The molecule has 5 heteroatoms. The lowest BCUT2D eigenvalue weighted by Crippen LogP contribution is -2.39. The Balaban J connectivity index is 2.43. The Bertz CT molecular complexity index is 952. The summed E-state index contributed by atoms with van der Waals surface area (Å²) < 4.78 is 14.0. The second kappa shape index (κ2) is 7.22. The predicted octanol–water partition coefficient (Wildman–Crippen LogP) is 4.20. The van der Waals surface area contributed by atoms with Gasteiger partial charge in [-0.2, -0.15) is 0 Å². The van der Waals surface area contributed by atoms with Crippen molar-refractivity contribution < 1.29 is 9.18 Å². The molecule has 0 radical (unpaired) electrons. The van der Waals surface area contributed by atoms with E-state index in [0.717, 1.165) is 16.8 Å². The van der Waals surface area contributed by atoms with E-state index in [9.17, 15) is 9.18 Å². The van der Waals surface area contributed by atoms with Crippen LogP contribution in [0.5, 0.6) is 0 Å². The van der Waals surface area contributed by atoms with Crippen molar-refractivity contribution in [2.24, 2.45) is 5.73 Å². The number of pyridine rings is 1. The maximum Gasteiger partial charge on any atom is 0.253 e. The van der Waals surface area contributed by atoms with E-state index < -0.39 is 12.0 Å². The van der Waals surface area contributed by atoms with Crippen molar-refractivity contribution in [2.75, 3.05) is 0 Å². The van der Waals surface area contributed by atoms with Crippen molar-refractivity contribution in [1.82, 2.24) is 10.3 Å². The summed E-state index contributed by atoms with van der Waals surface area (Å²) in [6.45, 7) is 5.74. The molecule has 0 aliphatic rings. The number of nitrogens with zero attached hydrogens (tertiary/aromatic N) is 1. The number of aromatic nitrogens is 1. The number of benzene rings is 2. The van der Waals surface area contributed by atoms with Gasteiger partial charge in [-0.3, -0.25) is 9.78 Å². The zero-order chi connectivity index (χ0) is 18.8. The van der Waals surface area contributed by atoms with E-state index in [1.165, 1.54) is 12.1 Å². The fourth-order valence-electron chi connectivity index (χ4n) is 3.08. The van der Waals surface area contributed by atoms with E-state index >= 15 is 0 Å². The zero-order valence-electron chi connectivity index (χ0n) is 15.1. The van der Waals surface area contributed by atoms with Gasteiger partial charge in [0.15, 0.2) is 0 Å². The maximum absolute atomic E-state index is 14.0. The van der Waals surface area contributed by atoms with E-state index in [-0.39, 0.29) is 11.8 Å². The first-order chi connectivity index (χ1) is 12.4. The highest BCUT2D eigenvalue weighted by Crippen LogP contribution is 2.35. The van der Waals surface area contributed by atoms with Crippen LogP contribution in [0, 0.1) is 5.82 Å². The number of amides is 1. The monoisotopic (exact) mass is 351 g/mol. The van der Waals surface area contributed by atoms with Gasteiger partial charge in [0.05, 0.1) is 22.9 Å². The van der Waals surface area contributed by atoms with Crippen LogP contribution in [0.2, 0.25) is 0 Å². The molecule has 1 atom stereocenters. The quantitative estimate of drug-likeness (QED) is 0.692. The summed E-state index contributed by atoms with van der Waals surface area (Å²) in [6.07, 6.45) is -0.523. The molecule has 26 heavy (non-hydrogen) atoms. The highest BCUT2D eigenvalue weighted by atomic mass is 19.1. The van der Waals surface area contributed by atoms with Crippen LogP contribution in [-0.4, -0.2) is 17.1 Å². The molecule has 1 heterocycles. The lowest BCUT2D eigenvalue weighted by Gasteiger charge is -2.20. The lowest BCUT2D eigenvalue weighted by molar-refractivity contribution is 0.0943. The summed E-state index contributed by atoms with van der Waals surface area (Å²) in [5.41, 5.74) is 9.14. The minimum atomic E-state index is -0.523. The Morgan fingerprint density at radius 3 is 2.42 bits per heavy atom. The first-order valence-electron chi connectivity index (χ1n) is 8.63. The number of carbonyl (C=O) groups is 1. The molecule has 3 N–H and O–H groups in total. The van der Waals surface area contributed by atoms with Crippen LogP contribution in [0.15, 0.2) is 48.5 Å². The molecule has 0 aliphatic heterocycles. The van der Waals surface area contributed by atoms with E-state index in [1.807, 2.05) is 44.2 Å². The van der Waals surface area contributed by atoms with Crippen LogP contribution in [0.25, 0.3) is 22.0 Å². The third-order valence-corrected chi connectivity index (χ3v) is 4.17. The van der Waals surface area contributed by atoms with Crippen molar-refractivity contribution in [1.29, 1.82) is 0 Å². The first-order valence-corrected chi connectivity index (χ1v) is 8.63. The second-order valence-corrected chi connectivity index (χ2v) is 6.69. The summed E-state index contributed by atoms with van der Waals surface area (Å²) in [5.74, 6) is -0.661. The average Bonchev–Trinajstić information content (AvgIpc) is 2.60. The third-order valence-electron chi connectivity index (χ3n) is 4.17. The van der Waals surface area contributed by atoms with E-state index in [0.29, 0.717) is 16.5 Å². The Morgan fingerprint density at radius 2 is 1.81 bits per heavy atom. The van der Waals surface area contributed by atoms with E-state index in [1.54, 1.807) is 13.0 Å². The molecule has 0 saturated heterocycles. The number of hydrogen-bond donors (Lipinski definition) is 2. The summed E-state index contributed by atoms with van der Waals surface area (Å²) in [4.78, 5) is 17.7. The van der Waals surface area contributed by atoms with Crippen LogP contribution in [0.1, 0.15) is 42.7 Å². The average molecular weight is 351 g/mol. The molecule has 0 spiro atoms. The van der Waals surface area contributed by atoms with Gasteiger partial charge in [0, 0.05) is 10.9 Å². The fraction of sp³-hybridized carbons (Fsp3) is 0.238. The number of carbonyl (C=O) groups excluding carboxylic acids is 1. The summed E-state index contributed by atoms with van der Waals surface area (Å²) >= 11 is 0. The molecule has 1 aromatic heterocycles. The van der Waals surface area contributed by atoms with Crippen LogP contribution < -0.4 is 11.1 Å². The second-order valence-electron chi connectivity index (χ2n) is 6.69. The number of nitrogens with two attached hydrogens (primary N) is 1. The molecule has 1 unspecified atom stereocenters. The standard InChI is InChI=1S/C21H22FN3O/c1-12(2)20-18(14-7-5-4-6-8-14)19(21(26)24-13(3)23)16-11-15(22)9-10-17(16)25-20/h4-13H,23H2,1-3H3,(H,24,26). The molecule has 3 rings (SSSR count). The van der Waals surface area contributed by atoms with Gasteiger partial charge in [0.25, 0.3) is 5.91 Å². The van der Waals surface area contributed by atoms with Gasteiger partial charge >= 0.3 is 0 Å². The van der Waals surface area contributed by atoms with Crippen LogP contribution >= 0.6 is 0 Å². The van der Waals surface area contributed by atoms with Crippen LogP contribution in [0.4, 0.5) is 4.39 Å². The summed E-state index contributed by atoms with van der Waals surface area (Å²) in [7, 11) is 0. The molecular weight excluding hydrogens is 329 g/mol. The molecule has 4 nitrogen and oxygen atoms in total. The minimum Gasteiger partial charge on any atom is -0.337 e. The van der Waals surface area contributed by atoms with Crippen molar-refractivity contribution in [2.45, 2.75) is 32.9 Å². The van der Waals surface area contributed by atoms with Crippen molar-refractivity contribution in [3.8, 4) is 11.1 Å². The van der Waals surface area contributed by atoms with Gasteiger partial charge in [-0.05, 0) is 36.6 Å². The number of hydrogen-bond acceptors (Lipinski definition) is 3. The predicted molar refractivity (Wildman–Crippen MR) is 102 cm³/mol. The Kier molecular flexibility index (Phi) is 5.00. The summed E-state index contributed by atoms with van der Waals surface area (Å²) in [5, 5.41) is 3.21. The molecule has 0 fully saturated rings. The number of nitrogens with one attached hydrogen (secondary N) is 1. The van der Waals surface area contributed by atoms with Gasteiger partial charge in [-0.15, -0.1) is 0 Å².